The molecule has 1 radical (unpaired) electrons. The molecule has 0 fully saturated rings. The van der Waals surface area contributed by atoms with Gasteiger partial charge in [0.1, 0.15) is 5.82 Å². The van der Waals surface area contributed by atoms with Gasteiger partial charge in [-0.2, -0.15) is 9.78 Å². The van der Waals surface area contributed by atoms with E-state index in [4.69, 9.17) is 5.73 Å². The van der Waals surface area contributed by atoms with Crippen LogP contribution in [-0.4, -0.2) is 15.8 Å². The predicted molar refractivity (Wildman–Crippen MR) is 51.4 cm³/mol. The average molecular weight is 204 g/mol. The summed E-state index contributed by atoms with van der Waals surface area (Å²) in [6.45, 7) is 0. The van der Waals surface area contributed by atoms with E-state index in [1.54, 1.807) is 6.07 Å². The Balaban J connectivity index is 2.54. The molecule has 75 valence electrons. The molecule has 2 rings (SSSR count). The standard InChI is InChI=1S/C10H7FN3O/c11-8-3-1-2-7(6-8)9-4-5-13-14(9)10(12)15/h1-3,5-6H,(H2,12,15). The fourth-order valence-corrected chi connectivity index (χ4v) is 1.28. The van der Waals surface area contributed by atoms with Crippen molar-refractivity contribution in [2.45, 2.75) is 0 Å². The van der Waals surface area contributed by atoms with E-state index < -0.39 is 11.8 Å². The van der Waals surface area contributed by atoms with Crippen LogP contribution >= 0.6 is 0 Å². The lowest BCUT2D eigenvalue weighted by Crippen LogP contribution is -2.21. The maximum atomic E-state index is 12.9. The molecule has 0 aliphatic carbocycles. The first kappa shape index (κ1) is 9.39. The maximum absolute atomic E-state index is 12.9. The lowest BCUT2D eigenvalue weighted by molar-refractivity contribution is 0.248. The van der Waals surface area contributed by atoms with Crippen LogP contribution in [0.3, 0.4) is 0 Å². The van der Waals surface area contributed by atoms with Crippen molar-refractivity contribution in [2.75, 3.05) is 0 Å². The number of carbonyl (C=O) groups is 1. The molecule has 2 N–H and O–H groups in total. The van der Waals surface area contributed by atoms with Gasteiger partial charge in [-0.1, -0.05) is 12.1 Å². The molecule has 0 saturated heterocycles. The highest BCUT2D eigenvalue weighted by Crippen LogP contribution is 2.18. The minimum absolute atomic E-state index is 0.349. The molecule has 15 heavy (non-hydrogen) atoms. The van der Waals surface area contributed by atoms with Crippen molar-refractivity contribution in [3.8, 4) is 11.3 Å². The Labute approximate surface area is 85.1 Å². The molecule has 0 aliphatic rings. The molecule has 1 aromatic heterocycles. The number of benzene rings is 1. The second kappa shape index (κ2) is 3.53. The Kier molecular flexibility index (Phi) is 2.21. The number of primary amides is 1. The zero-order chi connectivity index (χ0) is 10.8. The Morgan fingerprint density at radius 1 is 1.53 bits per heavy atom. The van der Waals surface area contributed by atoms with Crippen LogP contribution in [0, 0.1) is 11.9 Å². The largest absolute Gasteiger partial charge is 0.350 e. The van der Waals surface area contributed by atoms with Crippen molar-refractivity contribution >= 4 is 6.03 Å². The lowest BCUT2D eigenvalue weighted by atomic mass is 10.1. The van der Waals surface area contributed by atoms with Crippen LogP contribution in [-0.2, 0) is 0 Å². The molecule has 0 atom stereocenters. The predicted octanol–water partition coefficient (Wildman–Crippen LogP) is 1.42. The smallest absolute Gasteiger partial charge is 0.340 e. The number of aromatic nitrogens is 2. The van der Waals surface area contributed by atoms with Gasteiger partial charge in [-0.15, -0.1) is 0 Å². The van der Waals surface area contributed by atoms with Crippen LogP contribution in [0.4, 0.5) is 9.18 Å². The van der Waals surface area contributed by atoms with Crippen LogP contribution in [0.5, 0.6) is 0 Å². The molecule has 0 unspecified atom stereocenters. The minimum Gasteiger partial charge on any atom is -0.350 e. The summed E-state index contributed by atoms with van der Waals surface area (Å²) in [5.41, 5.74) is 5.94. The summed E-state index contributed by atoms with van der Waals surface area (Å²) in [5, 5.41) is 3.69. The van der Waals surface area contributed by atoms with Gasteiger partial charge in [-0.25, -0.2) is 9.18 Å². The fourth-order valence-electron chi connectivity index (χ4n) is 1.28. The zero-order valence-electron chi connectivity index (χ0n) is 7.64. The van der Waals surface area contributed by atoms with Crippen LogP contribution in [0.1, 0.15) is 0 Å². The van der Waals surface area contributed by atoms with Gasteiger partial charge in [0.25, 0.3) is 0 Å². The van der Waals surface area contributed by atoms with E-state index in [-0.39, 0.29) is 0 Å². The van der Waals surface area contributed by atoms with Gasteiger partial charge in [0.05, 0.1) is 11.9 Å². The molecule has 1 aromatic carbocycles. The molecular weight excluding hydrogens is 197 g/mol. The normalized spacial score (nSPS) is 10.2. The van der Waals surface area contributed by atoms with Gasteiger partial charge in [0.2, 0.25) is 0 Å². The monoisotopic (exact) mass is 204 g/mol. The zero-order valence-corrected chi connectivity index (χ0v) is 7.64. The molecule has 0 bridgehead atoms. The first-order valence-electron chi connectivity index (χ1n) is 4.20. The van der Waals surface area contributed by atoms with Crippen molar-refractivity contribution < 1.29 is 9.18 Å². The average Bonchev–Trinajstić information content (AvgIpc) is 2.65. The third-order valence-electron chi connectivity index (χ3n) is 1.89. The third kappa shape index (κ3) is 1.71. The molecule has 5 heteroatoms. The Bertz CT molecular complexity index is 507. The second-order valence-corrected chi connectivity index (χ2v) is 2.90. The quantitative estimate of drug-likeness (QED) is 0.763. The number of rotatable bonds is 1. The second-order valence-electron chi connectivity index (χ2n) is 2.90. The molecule has 0 saturated carbocycles. The number of hydrogen-bond acceptors (Lipinski definition) is 2. The summed E-state index contributed by atoms with van der Waals surface area (Å²) < 4.78 is 13.9. The van der Waals surface area contributed by atoms with E-state index in [9.17, 15) is 9.18 Å². The van der Waals surface area contributed by atoms with E-state index in [2.05, 4.69) is 11.2 Å². The maximum Gasteiger partial charge on any atom is 0.340 e. The van der Waals surface area contributed by atoms with Gasteiger partial charge >= 0.3 is 6.03 Å². The summed E-state index contributed by atoms with van der Waals surface area (Å²) in [6, 6.07) is 7.77. The summed E-state index contributed by atoms with van der Waals surface area (Å²) >= 11 is 0. The number of nitrogens with two attached hydrogens (primary N) is 1. The van der Waals surface area contributed by atoms with E-state index in [1.165, 1.54) is 24.4 Å². The van der Waals surface area contributed by atoms with Gasteiger partial charge in [-0.3, -0.25) is 0 Å². The van der Waals surface area contributed by atoms with Gasteiger partial charge in [0.15, 0.2) is 0 Å². The van der Waals surface area contributed by atoms with Crippen molar-refractivity contribution in [2.24, 2.45) is 5.73 Å². The summed E-state index contributed by atoms with van der Waals surface area (Å²) in [4.78, 5) is 11.0. The molecular formula is C10H7FN3O. The number of nitrogens with zero attached hydrogens (tertiary/aromatic N) is 2. The number of carbonyl (C=O) groups excluding carboxylic acids is 1. The highest BCUT2D eigenvalue weighted by atomic mass is 19.1. The highest BCUT2D eigenvalue weighted by molar-refractivity contribution is 5.79. The summed E-state index contributed by atoms with van der Waals surface area (Å²) in [7, 11) is 0. The number of halogens is 1. The number of amides is 1. The highest BCUT2D eigenvalue weighted by Gasteiger charge is 2.09. The molecule has 2 aromatic rings. The van der Waals surface area contributed by atoms with E-state index >= 15 is 0 Å². The molecule has 1 heterocycles. The van der Waals surface area contributed by atoms with Crippen molar-refractivity contribution in [1.82, 2.24) is 9.78 Å². The third-order valence-corrected chi connectivity index (χ3v) is 1.89. The molecule has 0 spiro atoms. The van der Waals surface area contributed by atoms with Crippen LogP contribution in [0.2, 0.25) is 0 Å². The minimum atomic E-state index is -0.726. The van der Waals surface area contributed by atoms with E-state index in [1.807, 2.05) is 0 Å². The van der Waals surface area contributed by atoms with Gasteiger partial charge in [0, 0.05) is 11.6 Å². The van der Waals surface area contributed by atoms with Crippen LogP contribution in [0.15, 0.2) is 30.5 Å². The Hall–Kier alpha value is -2.17. The topological polar surface area (TPSA) is 60.9 Å². The van der Waals surface area contributed by atoms with Gasteiger partial charge in [-0.05, 0) is 12.1 Å². The first-order chi connectivity index (χ1) is 7.18. The van der Waals surface area contributed by atoms with Crippen LogP contribution < -0.4 is 5.73 Å². The number of hydrogen-bond donors (Lipinski definition) is 1. The SMILES string of the molecule is NC(=O)n1nc[c]c1-c1cccc(F)c1. The molecule has 4 nitrogen and oxygen atoms in total. The van der Waals surface area contributed by atoms with Gasteiger partial charge < -0.3 is 5.73 Å². The molecule has 0 aliphatic heterocycles. The fraction of sp³-hybridized carbons (Fsp3) is 0. The van der Waals surface area contributed by atoms with Crippen LogP contribution in [0.25, 0.3) is 11.3 Å². The molecule has 1 amide bonds. The van der Waals surface area contributed by atoms with Crippen molar-refractivity contribution in [3.63, 3.8) is 0 Å². The summed E-state index contributed by atoms with van der Waals surface area (Å²) in [6.07, 6.45) is 1.31. The Morgan fingerprint density at radius 2 is 2.33 bits per heavy atom. The Morgan fingerprint density at radius 3 is 3.00 bits per heavy atom. The van der Waals surface area contributed by atoms with E-state index in [0.717, 1.165) is 4.68 Å². The summed E-state index contributed by atoms with van der Waals surface area (Å²) in [5.74, 6) is -0.391. The van der Waals surface area contributed by atoms with Crippen molar-refractivity contribution in [1.29, 1.82) is 0 Å². The van der Waals surface area contributed by atoms with E-state index in [0.29, 0.717) is 11.3 Å². The lowest BCUT2D eigenvalue weighted by Gasteiger charge is -2.02. The van der Waals surface area contributed by atoms with Crippen molar-refractivity contribution in [3.05, 3.63) is 42.3 Å². The first-order valence-corrected chi connectivity index (χ1v) is 4.20.